The second-order valence-electron chi connectivity index (χ2n) is 9.52. The van der Waals surface area contributed by atoms with Crippen molar-refractivity contribution in [1.29, 1.82) is 0 Å². The molecule has 0 fully saturated rings. The van der Waals surface area contributed by atoms with Gasteiger partial charge in [0.05, 0.1) is 12.5 Å². The molecular weight excluding hydrogens is 547 g/mol. The van der Waals surface area contributed by atoms with Gasteiger partial charge in [-0.25, -0.2) is 0 Å². The van der Waals surface area contributed by atoms with Crippen molar-refractivity contribution in [3.05, 3.63) is 101 Å². The molecule has 0 saturated heterocycles. The van der Waals surface area contributed by atoms with E-state index in [4.69, 9.17) is 11.5 Å². The van der Waals surface area contributed by atoms with E-state index in [9.17, 15) is 14.4 Å². The number of unbranched alkanes of at least 4 members (excludes halogenated alkanes) is 2. The Morgan fingerprint density at radius 3 is 1.88 bits per heavy atom. The summed E-state index contributed by atoms with van der Waals surface area (Å²) in [5.74, 6) is -1.14. The highest BCUT2D eigenvalue weighted by molar-refractivity contribution is 6.05. The standard InChI is InChI=1S/C31H38N4O3.2ClH/c32-21-7-6-12-28(33)31(38)34-27-19-17-26(18-20-27)30(37)35-29(36)22-25-15-13-24(14-16-25)11-5-4-10-23-8-2-1-3-9-23;;/h1-3,8-9,13-20,28H,4-7,10-12,21-22,32-33H2,(H,34,38)(H,35,36,37);2*1H/t28-;;/m0../s1. The number of hydrogen-bond donors (Lipinski definition) is 4. The molecule has 0 aromatic heterocycles. The molecule has 0 unspecified atom stereocenters. The summed E-state index contributed by atoms with van der Waals surface area (Å²) in [5, 5.41) is 5.17. The topological polar surface area (TPSA) is 127 Å². The first-order valence-electron chi connectivity index (χ1n) is 13.3. The number of amides is 3. The van der Waals surface area contributed by atoms with Crippen molar-refractivity contribution in [2.24, 2.45) is 11.5 Å². The molecule has 7 nitrogen and oxygen atoms in total. The number of anilines is 1. The molecule has 0 heterocycles. The predicted octanol–water partition coefficient (Wildman–Crippen LogP) is 4.99. The summed E-state index contributed by atoms with van der Waals surface area (Å²) in [4.78, 5) is 37.1. The molecule has 0 aliphatic rings. The van der Waals surface area contributed by atoms with Gasteiger partial charge in [0.25, 0.3) is 5.91 Å². The number of imide groups is 1. The first-order valence-corrected chi connectivity index (χ1v) is 13.3. The smallest absolute Gasteiger partial charge is 0.257 e. The van der Waals surface area contributed by atoms with Crippen molar-refractivity contribution in [3.63, 3.8) is 0 Å². The summed E-state index contributed by atoms with van der Waals surface area (Å²) in [7, 11) is 0. The van der Waals surface area contributed by atoms with Crippen molar-refractivity contribution in [3.8, 4) is 0 Å². The van der Waals surface area contributed by atoms with Crippen LogP contribution in [0.25, 0.3) is 0 Å². The van der Waals surface area contributed by atoms with Crippen LogP contribution >= 0.6 is 24.8 Å². The number of rotatable bonds is 14. The average molecular weight is 588 g/mol. The molecule has 3 rings (SSSR count). The molecule has 3 aromatic carbocycles. The van der Waals surface area contributed by atoms with Crippen molar-refractivity contribution in [1.82, 2.24) is 5.32 Å². The van der Waals surface area contributed by atoms with Gasteiger partial charge >= 0.3 is 0 Å². The number of carbonyl (C=O) groups excluding carboxylic acids is 3. The number of nitrogens with two attached hydrogens (primary N) is 2. The van der Waals surface area contributed by atoms with E-state index in [1.165, 1.54) is 11.1 Å². The van der Waals surface area contributed by atoms with Gasteiger partial charge in [-0.2, -0.15) is 0 Å². The van der Waals surface area contributed by atoms with Crippen molar-refractivity contribution < 1.29 is 14.4 Å². The maximum absolute atomic E-state index is 12.5. The fourth-order valence-corrected chi connectivity index (χ4v) is 4.13. The Bertz CT molecular complexity index is 1170. The Hall–Kier alpha value is -3.23. The maximum atomic E-state index is 12.5. The summed E-state index contributed by atoms with van der Waals surface area (Å²) >= 11 is 0. The Labute approximate surface area is 249 Å². The average Bonchev–Trinajstić information content (AvgIpc) is 2.93. The summed E-state index contributed by atoms with van der Waals surface area (Å²) in [6.07, 6.45) is 6.60. The van der Waals surface area contributed by atoms with Gasteiger partial charge in [-0.15, -0.1) is 24.8 Å². The number of benzene rings is 3. The molecule has 9 heteroatoms. The van der Waals surface area contributed by atoms with Crippen LogP contribution in [-0.2, 0) is 28.9 Å². The largest absolute Gasteiger partial charge is 0.330 e. The Kier molecular flexibility index (Phi) is 16.5. The van der Waals surface area contributed by atoms with Crippen molar-refractivity contribution in [2.75, 3.05) is 11.9 Å². The fourth-order valence-electron chi connectivity index (χ4n) is 4.13. The van der Waals surface area contributed by atoms with E-state index in [1.807, 2.05) is 30.3 Å². The lowest BCUT2D eigenvalue weighted by Crippen LogP contribution is -2.35. The third-order valence-corrected chi connectivity index (χ3v) is 6.38. The van der Waals surface area contributed by atoms with Crippen LogP contribution in [0.2, 0.25) is 0 Å². The summed E-state index contributed by atoms with van der Waals surface area (Å²) in [6, 6.07) is 24.2. The summed E-state index contributed by atoms with van der Waals surface area (Å²) in [6.45, 7) is 0.572. The first-order chi connectivity index (χ1) is 18.4. The number of nitrogens with one attached hydrogen (secondary N) is 2. The molecular formula is C31H40Cl2N4O3. The molecule has 0 aliphatic heterocycles. The van der Waals surface area contributed by atoms with E-state index in [1.54, 1.807) is 24.3 Å². The lowest BCUT2D eigenvalue weighted by molar-refractivity contribution is -0.119. The van der Waals surface area contributed by atoms with Gasteiger partial charge in [-0.1, -0.05) is 61.0 Å². The number of halogens is 2. The SMILES string of the molecule is Cl.Cl.NCCCC[C@H](N)C(=O)Nc1ccc(C(=O)NC(=O)Cc2ccc(CCCCc3ccccc3)cc2)cc1. The highest BCUT2D eigenvalue weighted by atomic mass is 35.5. The third kappa shape index (κ3) is 12.3. The van der Waals surface area contributed by atoms with Crippen molar-refractivity contribution in [2.45, 2.75) is 57.4 Å². The van der Waals surface area contributed by atoms with Gasteiger partial charge in [-0.3, -0.25) is 19.7 Å². The molecule has 40 heavy (non-hydrogen) atoms. The summed E-state index contributed by atoms with van der Waals surface area (Å²) in [5.41, 5.74) is 15.7. The molecule has 0 saturated carbocycles. The van der Waals surface area contributed by atoms with E-state index >= 15 is 0 Å². The van der Waals surface area contributed by atoms with Crippen LogP contribution in [-0.4, -0.2) is 30.3 Å². The van der Waals surface area contributed by atoms with Gasteiger partial charge < -0.3 is 16.8 Å². The zero-order valence-electron chi connectivity index (χ0n) is 22.6. The van der Waals surface area contributed by atoms with Crippen molar-refractivity contribution >= 4 is 48.2 Å². The monoisotopic (exact) mass is 586 g/mol. The van der Waals surface area contributed by atoms with Gasteiger partial charge in [0.1, 0.15) is 0 Å². The molecule has 3 amide bonds. The zero-order valence-corrected chi connectivity index (χ0v) is 24.3. The Morgan fingerprint density at radius 2 is 1.27 bits per heavy atom. The predicted molar refractivity (Wildman–Crippen MR) is 166 cm³/mol. The highest BCUT2D eigenvalue weighted by Crippen LogP contribution is 2.13. The molecule has 0 radical (unpaired) electrons. The minimum Gasteiger partial charge on any atom is -0.330 e. The van der Waals surface area contributed by atoms with E-state index < -0.39 is 11.9 Å². The maximum Gasteiger partial charge on any atom is 0.257 e. The summed E-state index contributed by atoms with van der Waals surface area (Å²) < 4.78 is 0. The zero-order chi connectivity index (χ0) is 27.2. The molecule has 1 atom stereocenters. The van der Waals surface area contributed by atoms with Gasteiger partial charge in [-0.05, 0) is 86.0 Å². The van der Waals surface area contributed by atoms with Gasteiger partial charge in [0.15, 0.2) is 0 Å². The number of carbonyl (C=O) groups is 3. The lowest BCUT2D eigenvalue weighted by atomic mass is 10.0. The van der Waals surface area contributed by atoms with E-state index in [0.29, 0.717) is 24.2 Å². The van der Waals surface area contributed by atoms with E-state index in [-0.39, 0.29) is 43.0 Å². The minimum atomic E-state index is -0.615. The van der Waals surface area contributed by atoms with Crippen LogP contribution in [0.3, 0.4) is 0 Å². The molecule has 6 N–H and O–H groups in total. The molecule has 0 bridgehead atoms. The Balaban J connectivity index is 0.00000400. The quantitative estimate of drug-likeness (QED) is 0.198. The molecule has 0 spiro atoms. The fraction of sp³-hybridized carbons (Fsp3) is 0.323. The van der Waals surface area contributed by atoms with E-state index in [2.05, 4.69) is 34.9 Å². The number of hydrogen-bond acceptors (Lipinski definition) is 5. The van der Waals surface area contributed by atoms with Crippen LogP contribution in [0, 0.1) is 0 Å². The lowest BCUT2D eigenvalue weighted by Gasteiger charge is -2.12. The van der Waals surface area contributed by atoms with Crippen LogP contribution in [0.5, 0.6) is 0 Å². The van der Waals surface area contributed by atoms with Crippen LogP contribution in [0.15, 0.2) is 78.9 Å². The molecule has 216 valence electrons. The molecule has 3 aromatic rings. The second kappa shape index (κ2) is 19.0. The highest BCUT2D eigenvalue weighted by Gasteiger charge is 2.14. The second-order valence-corrected chi connectivity index (χ2v) is 9.52. The van der Waals surface area contributed by atoms with Crippen LogP contribution in [0.1, 0.15) is 59.2 Å². The van der Waals surface area contributed by atoms with Gasteiger partial charge in [0, 0.05) is 11.3 Å². The third-order valence-electron chi connectivity index (χ3n) is 6.38. The van der Waals surface area contributed by atoms with Crippen LogP contribution < -0.4 is 22.1 Å². The normalized spacial score (nSPS) is 10.9. The first kappa shape index (κ1) is 34.8. The van der Waals surface area contributed by atoms with E-state index in [0.717, 1.165) is 44.1 Å². The minimum absolute atomic E-state index is 0. The van der Waals surface area contributed by atoms with Crippen LogP contribution in [0.4, 0.5) is 5.69 Å². The number of aryl methyl sites for hydroxylation is 2. The Morgan fingerprint density at radius 1 is 0.700 bits per heavy atom. The molecule has 0 aliphatic carbocycles. The van der Waals surface area contributed by atoms with Gasteiger partial charge in [0.2, 0.25) is 11.8 Å².